The zero-order valence-electron chi connectivity index (χ0n) is 12.4. The van der Waals surface area contributed by atoms with Gasteiger partial charge in [-0.25, -0.2) is 8.78 Å². The summed E-state index contributed by atoms with van der Waals surface area (Å²) in [6.07, 6.45) is 3.47. The zero-order chi connectivity index (χ0) is 15.2. The summed E-state index contributed by atoms with van der Waals surface area (Å²) in [5, 5.41) is 2.87. The molecule has 0 spiro atoms. The summed E-state index contributed by atoms with van der Waals surface area (Å²) in [6, 6.07) is 3.73. The average molecular weight is 296 g/mol. The first kappa shape index (κ1) is 15.9. The predicted molar refractivity (Wildman–Crippen MR) is 77.9 cm³/mol. The van der Waals surface area contributed by atoms with Crippen molar-refractivity contribution in [3.63, 3.8) is 0 Å². The molecule has 1 N–H and O–H groups in total. The van der Waals surface area contributed by atoms with Crippen LogP contribution in [-0.2, 0) is 11.2 Å². The largest absolute Gasteiger partial charge is 0.341 e. The third-order valence-corrected chi connectivity index (χ3v) is 4.04. The van der Waals surface area contributed by atoms with Gasteiger partial charge in [-0.15, -0.1) is 0 Å². The van der Waals surface area contributed by atoms with Crippen molar-refractivity contribution in [2.75, 3.05) is 26.7 Å². The van der Waals surface area contributed by atoms with Crippen molar-refractivity contribution in [1.29, 1.82) is 0 Å². The normalized spacial score (nSPS) is 18.8. The van der Waals surface area contributed by atoms with E-state index in [4.69, 9.17) is 0 Å². The van der Waals surface area contributed by atoms with E-state index in [-0.39, 0.29) is 5.91 Å². The Bertz CT molecular complexity index is 493. The Morgan fingerprint density at radius 1 is 1.43 bits per heavy atom. The van der Waals surface area contributed by atoms with Crippen LogP contribution < -0.4 is 5.32 Å². The summed E-state index contributed by atoms with van der Waals surface area (Å²) in [5.41, 5.74) is 0.551. The molecule has 0 saturated carbocycles. The molecule has 3 nitrogen and oxygen atoms in total. The van der Waals surface area contributed by atoms with Crippen LogP contribution in [0.2, 0.25) is 0 Å². The monoisotopic (exact) mass is 296 g/mol. The first-order valence-electron chi connectivity index (χ1n) is 7.46. The van der Waals surface area contributed by atoms with Crippen molar-refractivity contribution >= 4 is 5.91 Å². The molecule has 1 fully saturated rings. The van der Waals surface area contributed by atoms with Gasteiger partial charge in [0.15, 0.2) is 0 Å². The summed E-state index contributed by atoms with van der Waals surface area (Å²) < 4.78 is 26.5. The van der Waals surface area contributed by atoms with Crippen LogP contribution in [0.25, 0.3) is 0 Å². The lowest BCUT2D eigenvalue weighted by atomic mass is 9.91. The number of benzene rings is 1. The molecular formula is C16H22F2N2O. The van der Waals surface area contributed by atoms with E-state index in [1.54, 1.807) is 7.05 Å². The van der Waals surface area contributed by atoms with Gasteiger partial charge in [-0.3, -0.25) is 4.79 Å². The molecule has 1 heterocycles. The lowest BCUT2D eigenvalue weighted by Crippen LogP contribution is -2.43. The minimum Gasteiger partial charge on any atom is -0.341 e. The number of nitrogens with zero attached hydrogens (tertiary/aromatic N) is 1. The number of carbonyl (C=O) groups excluding carboxylic acids is 1. The standard InChI is InChI=1S/C16H22F2N2O/c1-19-10-16(21)20-8-2-3-12(11-20)4-5-13-6-7-14(17)9-15(13)18/h6-7,9,12,19H,2-5,8,10-11H2,1H3/t12-/m1/s1. The van der Waals surface area contributed by atoms with E-state index < -0.39 is 11.6 Å². The van der Waals surface area contributed by atoms with Gasteiger partial charge in [-0.1, -0.05) is 6.07 Å². The Kier molecular flexibility index (Phi) is 5.67. The van der Waals surface area contributed by atoms with Gasteiger partial charge in [-0.05, 0) is 50.3 Å². The molecule has 1 aromatic rings. The van der Waals surface area contributed by atoms with Crippen molar-refractivity contribution in [3.8, 4) is 0 Å². The summed E-state index contributed by atoms with van der Waals surface area (Å²) in [5.74, 6) is -0.508. The Balaban J connectivity index is 1.86. The first-order valence-corrected chi connectivity index (χ1v) is 7.46. The van der Waals surface area contributed by atoms with E-state index in [0.717, 1.165) is 38.4 Å². The molecule has 0 aliphatic carbocycles. The quantitative estimate of drug-likeness (QED) is 0.904. The molecule has 116 valence electrons. The van der Waals surface area contributed by atoms with Crippen LogP contribution in [0.3, 0.4) is 0 Å². The number of amides is 1. The van der Waals surface area contributed by atoms with Gasteiger partial charge < -0.3 is 10.2 Å². The molecule has 0 bridgehead atoms. The van der Waals surface area contributed by atoms with E-state index >= 15 is 0 Å². The molecule has 21 heavy (non-hydrogen) atoms. The Labute approximate surface area is 124 Å². The van der Waals surface area contributed by atoms with Crippen LogP contribution >= 0.6 is 0 Å². The fourth-order valence-corrected chi connectivity index (χ4v) is 2.87. The minimum atomic E-state index is -0.544. The Morgan fingerprint density at radius 3 is 2.95 bits per heavy atom. The maximum absolute atomic E-state index is 13.6. The van der Waals surface area contributed by atoms with E-state index in [1.165, 1.54) is 12.1 Å². The molecule has 1 atom stereocenters. The topological polar surface area (TPSA) is 32.3 Å². The van der Waals surface area contributed by atoms with Crippen LogP contribution in [0.4, 0.5) is 8.78 Å². The molecule has 1 aliphatic rings. The van der Waals surface area contributed by atoms with Gasteiger partial charge in [0.05, 0.1) is 6.54 Å². The number of halogens is 2. The second kappa shape index (κ2) is 7.50. The smallest absolute Gasteiger partial charge is 0.236 e. The van der Waals surface area contributed by atoms with Crippen molar-refractivity contribution in [3.05, 3.63) is 35.4 Å². The fraction of sp³-hybridized carbons (Fsp3) is 0.562. The maximum atomic E-state index is 13.6. The van der Waals surface area contributed by atoms with Crippen molar-refractivity contribution in [1.82, 2.24) is 10.2 Å². The molecule has 0 unspecified atom stereocenters. The van der Waals surface area contributed by atoms with Gasteiger partial charge >= 0.3 is 0 Å². The molecule has 2 rings (SSSR count). The van der Waals surface area contributed by atoms with Crippen LogP contribution in [0.1, 0.15) is 24.8 Å². The molecule has 1 amide bonds. The summed E-state index contributed by atoms with van der Waals surface area (Å²) in [6.45, 7) is 1.91. The second-order valence-corrected chi connectivity index (χ2v) is 5.65. The number of rotatable bonds is 5. The summed E-state index contributed by atoms with van der Waals surface area (Å²) >= 11 is 0. The number of hydrogen-bond donors (Lipinski definition) is 1. The number of piperidine rings is 1. The number of aryl methyl sites for hydroxylation is 1. The number of carbonyl (C=O) groups is 1. The molecule has 0 radical (unpaired) electrons. The molecule has 1 saturated heterocycles. The number of hydrogen-bond acceptors (Lipinski definition) is 2. The zero-order valence-corrected chi connectivity index (χ0v) is 12.4. The summed E-state index contributed by atoms with van der Waals surface area (Å²) in [4.78, 5) is 13.8. The van der Waals surface area contributed by atoms with Gasteiger partial charge in [0.2, 0.25) is 5.91 Å². The number of likely N-dealkylation sites (tertiary alicyclic amines) is 1. The first-order chi connectivity index (χ1) is 10.1. The summed E-state index contributed by atoms with van der Waals surface area (Å²) in [7, 11) is 1.76. The van der Waals surface area contributed by atoms with Crippen LogP contribution in [0.15, 0.2) is 18.2 Å². The van der Waals surface area contributed by atoms with E-state index in [9.17, 15) is 13.6 Å². The second-order valence-electron chi connectivity index (χ2n) is 5.65. The number of nitrogens with one attached hydrogen (secondary N) is 1. The molecule has 1 aromatic carbocycles. The lowest BCUT2D eigenvalue weighted by molar-refractivity contribution is -0.132. The highest BCUT2D eigenvalue weighted by atomic mass is 19.1. The van der Waals surface area contributed by atoms with E-state index in [0.29, 0.717) is 24.4 Å². The van der Waals surface area contributed by atoms with Gasteiger partial charge in [0.25, 0.3) is 0 Å². The molecule has 5 heteroatoms. The van der Waals surface area contributed by atoms with E-state index in [1.807, 2.05) is 4.90 Å². The van der Waals surface area contributed by atoms with Crippen molar-refractivity contribution < 1.29 is 13.6 Å². The van der Waals surface area contributed by atoms with Crippen LogP contribution in [0.5, 0.6) is 0 Å². The van der Waals surface area contributed by atoms with Gasteiger partial charge in [0.1, 0.15) is 11.6 Å². The Hall–Kier alpha value is -1.49. The van der Waals surface area contributed by atoms with E-state index in [2.05, 4.69) is 5.32 Å². The van der Waals surface area contributed by atoms with Crippen LogP contribution in [-0.4, -0.2) is 37.5 Å². The third kappa shape index (κ3) is 4.49. The SMILES string of the molecule is CNCC(=O)N1CCC[C@H](CCc2ccc(F)cc2F)C1. The lowest BCUT2D eigenvalue weighted by Gasteiger charge is -2.33. The third-order valence-electron chi connectivity index (χ3n) is 4.04. The highest BCUT2D eigenvalue weighted by molar-refractivity contribution is 5.78. The highest BCUT2D eigenvalue weighted by Crippen LogP contribution is 2.22. The fourth-order valence-electron chi connectivity index (χ4n) is 2.87. The predicted octanol–water partition coefficient (Wildman–Crippen LogP) is 2.36. The molecular weight excluding hydrogens is 274 g/mol. The van der Waals surface area contributed by atoms with Gasteiger partial charge in [-0.2, -0.15) is 0 Å². The average Bonchev–Trinajstić information content (AvgIpc) is 2.47. The number of likely N-dealkylation sites (N-methyl/N-ethyl adjacent to an activating group) is 1. The van der Waals surface area contributed by atoms with Crippen LogP contribution in [0, 0.1) is 17.6 Å². The maximum Gasteiger partial charge on any atom is 0.236 e. The highest BCUT2D eigenvalue weighted by Gasteiger charge is 2.23. The van der Waals surface area contributed by atoms with Crippen molar-refractivity contribution in [2.45, 2.75) is 25.7 Å². The van der Waals surface area contributed by atoms with Crippen molar-refractivity contribution in [2.24, 2.45) is 5.92 Å². The minimum absolute atomic E-state index is 0.121. The molecule has 1 aliphatic heterocycles. The Morgan fingerprint density at radius 2 is 2.24 bits per heavy atom. The molecule has 0 aromatic heterocycles. The van der Waals surface area contributed by atoms with Gasteiger partial charge in [0, 0.05) is 19.2 Å².